The molecule has 6 nitrogen and oxygen atoms in total. The first-order valence-corrected chi connectivity index (χ1v) is 12.4. The van der Waals surface area contributed by atoms with E-state index < -0.39 is 15.8 Å². The largest absolute Gasteiger partial charge is 0.353 e. The summed E-state index contributed by atoms with van der Waals surface area (Å²) in [5.41, 5.74) is 1.37. The molecule has 3 heterocycles. The minimum Gasteiger partial charge on any atom is -0.353 e. The van der Waals surface area contributed by atoms with E-state index in [1.165, 1.54) is 39.4 Å². The zero-order valence-electron chi connectivity index (χ0n) is 16.7. The molecule has 5 rings (SSSR count). The smallest absolute Gasteiger partial charge is 0.243 e. The van der Waals surface area contributed by atoms with Gasteiger partial charge in [0.25, 0.3) is 0 Å². The maximum Gasteiger partial charge on any atom is 0.243 e. The van der Waals surface area contributed by atoms with Crippen molar-refractivity contribution < 1.29 is 12.8 Å². The monoisotopic (exact) mass is 446 g/mol. The maximum absolute atomic E-state index is 13.5. The first-order valence-electron chi connectivity index (χ1n) is 10.2. The van der Waals surface area contributed by atoms with E-state index in [4.69, 9.17) is 0 Å². The third-order valence-electron chi connectivity index (χ3n) is 6.04. The molecule has 0 amide bonds. The number of rotatable bonds is 3. The molecule has 0 saturated carbocycles. The lowest BCUT2D eigenvalue weighted by molar-refractivity contribution is 0.384. The number of hydrogen-bond donors (Lipinski definition) is 0. The molecule has 158 valence electrons. The molecule has 30 heavy (non-hydrogen) atoms. The van der Waals surface area contributed by atoms with Gasteiger partial charge in [0, 0.05) is 31.1 Å². The number of piperazine rings is 1. The van der Waals surface area contributed by atoms with Crippen molar-refractivity contribution in [2.45, 2.75) is 31.1 Å². The standard InChI is InChI=1S/C21H23FN4O2S2/c1-14-5-6-17-18(11-14)29-21-19(17)20(23-13-24-21)25-7-9-26(10-8-25)30(27,28)16-4-2-3-15(22)12-16/h2-4,12-14H,5-11H2,1H3. The molecule has 0 spiro atoms. The van der Waals surface area contributed by atoms with Crippen LogP contribution in [0.1, 0.15) is 23.8 Å². The van der Waals surface area contributed by atoms with Gasteiger partial charge in [0.05, 0.1) is 10.3 Å². The van der Waals surface area contributed by atoms with Gasteiger partial charge in [-0.1, -0.05) is 13.0 Å². The summed E-state index contributed by atoms with van der Waals surface area (Å²) in [6, 6.07) is 5.20. The topological polar surface area (TPSA) is 66.4 Å². The first kappa shape index (κ1) is 19.8. The lowest BCUT2D eigenvalue weighted by Gasteiger charge is -2.35. The highest BCUT2D eigenvalue weighted by Crippen LogP contribution is 2.40. The first-order chi connectivity index (χ1) is 14.4. The van der Waals surface area contributed by atoms with Crippen LogP contribution in [0.2, 0.25) is 0 Å². The summed E-state index contributed by atoms with van der Waals surface area (Å²) in [5.74, 6) is 1.06. The molecule has 9 heteroatoms. The number of anilines is 1. The van der Waals surface area contributed by atoms with Crippen LogP contribution in [0.25, 0.3) is 10.2 Å². The van der Waals surface area contributed by atoms with Gasteiger partial charge in [-0.05, 0) is 48.9 Å². The van der Waals surface area contributed by atoms with Crippen LogP contribution in [-0.2, 0) is 22.9 Å². The Kier molecular flexibility index (Phi) is 4.99. The van der Waals surface area contributed by atoms with Crippen molar-refractivity contribution in [1.29, 1.82) is 0 Å². The molecule has 0 radical (unpaired) electrons. The van der Waals surface area contributed by atoms with E-state index in [0.717, 1.165) is 34.9 Å². The molecule has 1 atom stereocenters. The maximum atomic E-state index is 13.5. The van der Waals surface area contributed by atoms with E-state index in [2.05, 4.69) is 21.8 Å². The molecule has 1 unspecified atom stereocenters. The Bertz CT molecular complexity index is 1200. The van der Waals surface area contributed by atoms with Crippen LogP contribution in [0.15, 0.2) is 35.5 Å². The van der Waals surface area contributed by atoms with Crippen molar-refractivity contribution in [3.05, 3.63) is 46.9 Å². The molecule has 1 aromatic carbocycles. The van der Waals surface area contributed by atoms with Crippen molar-refractivity contribution in [1.82, 2.24) is 14.3 Å². The summed E-state index contributed by atoms with van der Waals surface area (Å²) in [7, 11) is -3.71. The van der Waals surface area contributed by atoms with Crippen LogP contribution in [0.3, 0.4) is 0 Å². The van der Waals surface area contributed by atoms with E-state index in [0.29, 0.717) is 32.1 Å². The Labute approximate surface area is 179 Å². The van der Waals surface area contributed by atoms with E-state index in [1.807, 2.05) is 0 Å². The Balaban J connectivity index is 1.40. The van der Waals surface area contributed by atoms with Crippen molar-refractivity contribution in [2.75, 3.05) is 31.1 Å². The van der Waals surface area contributed by atoms with E-state index in [1.54, 1.807) is 17.7 Å². The Morgan fingerprint density at radius 1 is 1.17 bits per heavy atom. The number of halogens is 1. The van der Waals surface area contributed by atoms with Crippen molar-refractivity contribution in [2.24, 2.45) is 5.92 Å². The molecule has 1 fully saturated rings. The van der Waals surface area contributed by atoms with Gasteiger partial charge in [0.2, 0.25) is 10.0 Å². The minimum absolute atomic E-state index is 0.00130. The van der Waals surface area contributed by atoms with Crippen LogP contribution in [0.4, 0.5) is 10.2 Å². The van der Waals surface area contributed by atoms with Gasteiger partial charge < -0.3 is 4.90 Å². The highest BCUT2D eigenvalue weighted by Gasteiger charge is 2.31. The fourth-order valence-electron chi connectivity index (χ4n) is 4.41. The summed E-state index contributed by atoms with van der Waals surface area (Å²) < 4.78 is 40.7. The highest BCUT2D eigenvalue weighted by atomic mass is 32.2. The van der Waals surface area contributed by atoms with Gasteiger partial charge in [-0.25, -0.2) is 22.8 Å². The second-order valence-electron chi connectivity index (χ2n) is 8.08. The number of sulfonamides is 1. The quantitative estimate of drug-likeness (QED) is 0.616. The Morgan fingerprint density at radius 2 is 1.97 bits per heavy atom. The third-order valence-corrected chi connectivity index (χ3v) is 9.10. The predicted octanol–water partition coefficient (Wildman–Crippen LogP) is 3.47. The predicted molar refractivity (Wildman–Crippen MR) is 116 cm³/mol. The second-order valence-corrected chi connectivity index (χ2v) is 11.1. The van der Waals surface area contributed by atoms with Crippen LogP contribution in [0.5, 0.6) is 0 Å². The minimum atomic E-state index is -3.71. The Hall–Kier alpha value is -2.10. The number of nitrogens with zero attached hydrogens (tertiary/aromatic N) is 4. The molecule has 0 bridgehead atoms. The average Bonchev–Trinajstić information content (AvgIpc) is 3.11. The van der Waals surface area contributed by atoms with Crippen LogP contribution < -0.4 is 4.90 Å². The number of aromatic nitrogens is 2. The zero-order chi connectivity index (χ0) is 20.9. The fraction of sp³-hybridized carbons (Fsp3) is 0.429. The zero-order valence-corrected chi connectivity index (χ0v) is 18.3. The van der Waals surface area contributed by atoms with Gasteiger partial charge in [-0.3, -0.25) is 0 Å². The SMILES string of the molecule is CC1CCc2c(sc3ncnc(N4CCN(S(=O)(=O)c5cccc(F)c5)CC4)c23)C1. The van der Waals surface area contributed by atoms with Crippen LogP contribution >= 0.6 is 11.3 Å². The fourth-order valence-corrected chi connectivity index (χ4v) is 7.21. The van der Waals surface area contributed by atoms with Crippen LogP contribution in [-0.4, -0.2) is 48.9 Å². The molecule has 1 aliphatic carbocycles. The lowest BCUT2D eigenvalue weighted by Crippen LogP contribution is -2.49. The molecule has 2 aromatic heterocycles. The van der Waals surface area contributed by atoms with Crippen molar-refractivity contribution >= 4 is 37.4 Å². The van der Waals surface area contributed by atoms with Crippen molar-refractivity contribution in [3.63, 3.8) is 0 Å². The molecule has 2 aliphatic rings. The van der Waals surface area contributed by atoms with Gasteiger partial charge in [0.1, 0.15) is 22.8 Å². The number of hydrogen-bond acceptors (Lipinski definition) is 6. The second kappa shape index (κ2) is 7.55. The van der Waals surface area contributed by atoms with Gasteiger partial charge in [0.15, 0.2) is 0 Å². The summed E-state index contributed by atoms with van der Waals surface area (Å²) in [6.07, 6.45) is 4.92. The third kappa shape index (κ3) is 3.38. The lowest BCUT2D eigenvalue weighted by atomic mass is 9.89. The highest BCUT2D eigenvalue weighted by molar-refractivity contribution is 7.89. The van der Waals surface area contributed by atoms with Gasteiger partial charge >= 0.3 is 0 Å². The summed E-state index contributed by atoms with van der Waals surface area (Å²) in [4.78, 5) is 13.7. The summed E-state index contributed by atoms with van der Waals surface area (Å²) >= 11 is 1.77. The van der Waals surface area contributed by atoms with Gasteiger partial charge in [-0.2, -0.15) is 4.31 Å². The van der Waals surface area contributed by atoms with E-state index in [9.17, 15) is 12.8 Å². The van der Waals surface area contributed by atoms with Crippen LogP contribution in [0, 0.1) is 11.7 Å². The molecule has 0 N–H and O–H groups in total. The number of benzene rings is 1. The number of fused-ring (bicyclic) bond motifs is 3. The Morgan fingerprint density at radius 3 is 2.73 bits per heavy atom. The van der Waals surface area contributed by atoms with Crippen molar-refractivity contribution in [3.8, 4) is 0 Å². The molecular formula is C21H23FN4O2S2. The number of thiophene rings is 1. The normalized spacial score (nSPS) is 20.5. The molecular weight excluding hydrogens is 423 g/mol. The molecule has 1 aliphatic heterocycles. The number of aryl methyl sites for hydroxylation is 1. The van der Waals surface area contributed by atoms with E-state index >= 15 is 0 Å². The van der Waals surface area contributed by atoms with E-state index in [-0.39, 0.29) is 4.90 Å². The summed E-state index contributed by atoms with van der Waals surface area (Å²) in [6.45, 7) is 4.06. The average molecular weight is 447 g/mol. The summed E-state index contributed by atoms with van der Waals surface area (Å²) in [5, 5.41) is 1.14. The van der Waals surface area contributed by atoms with Gasteiger partial charge in [-0.15, -0.1) is 11.3 Å². The molecule has 1 saturated heterocycles. The molecule has 3 aromatic rings.